The molecule has 0 fully saturated rings. The quantitative estimate of drug-likeness (QED) is 0.430. The Kier molecular flexibility index (Phi) is 5.54. The molecule has 146 valence electrons. The van der Waals surface area contributed by atoms with Gasteiger partial charge in [0.15, 0.2) is 16.5 Å². The molecule has 0 heterocycles. The summed E-state index contributed by atoms with van der Waals surface area (Å²) in [6.45, 7) is -1.58. The molecule has 0 bridgehead atoms. The first-order valence-electron chi connectivity index (χ1n) is 7.12. The van der Waals surface area contributed by atoms with Gasteiger partial charge in [-0.25, -0.2) is 31.1 Å². The van der Waals surface area contributed by atoms with E-state index in [2.05, 4.69) is 0 Å². The van der Waals surface area contributed by atoms with Crippen LogP contribution < -0.4 is 5.14 Å². The number of hydrogen-bond acceptors (Lipinski definition) is 5. The second kappa shape index (κ2) is 7.21. The number of nitrogens with zero attached hydrogens (tertiary/aromatic N) is 1. The highest BCUT2D eigenvalue weighted by atomic mass is 32.2. The Balaban J connectivity index is 3.04. The number of nitro groups is 1. The molecule has 0 radical (unpaired) electrons. The molecule has 0 saturated carbocycles. The summed E-state index contributed by atoms with van der Waals surface area (Å²) in [5.74, 6) is -3.29. The maximum Gasteiger partial charge on any atom is 0.293 e. The molecule has 0 saturated heterocycles. The van der Waals surface area contributed by atoms with Crippen molar-refractivity contribution in [2.45, 2.75) is 16.7 Å². The van der Waals surface area contributed by atoms with Crippen molar-refractivity contribution in [2.24, 2.45) is 5.14 Å². The number of nitro benzene ring substituents is 1. The number of aliphatic hydroxyl groups is 1. The van der Waals surface area contributed by atoms with Gasteiger partial charge in [0.1, 0.15) is 5.41 Å². The smallest absolute Gasteiger partial charge is 0.293 e. The number of nitrogens with two attached hydrogens (primary N) is 1. The number of benzene rings is 2. The van der Waals surface area contributed by atoms with Crippen molar-refractivity contribution in [3.05, 3.63) is 69.3 Å². The topological polar surface area (TPSA) is 124 Å². The first-order valence-corrected chi connectivity index (χ1v) is 8.67. The normalized spacial score (nSPS) is 14.2. The molecule has 12 heteroatoms. The van der Waals surface area contributed by atoms with Gasteiger partial charge >= 0.3 is 0 Å². The third-order valence-electron chi connectivity index (χ3n) is 4.02. The molecular formula is C15H12F4N2O5S. The van der Waals surface area contributed by atoms with Gasteiger partial charge < -0.3 is 5.11 Å². The van der Waals surface area contributed by atoms with Crippen LogP contribution in [-0.4, -0.2) is 31.5 Å². The monoisotopic (exact) mass is 408 g/mol. The lowest BCUT2D eigenvalue weighted by molar-refractivity contribution is -0.389. The third kappa shape index (κ3) is 3.38. The second-order valence-electron chi connectivity index (χ2n) is 5.49. The number of aliphatic hydroxyl groups excluding tert-OH is 1. The number of alkyl halides is 2. The Hall–Kier alpha value is -2.57. The van der Waals surface area contributed by atoms with Gasteiger partial charge in [-0.05, 0) is 12.1 Å². The summed E-state index contributed by atoms with van der Waals surface area (Å²) >= 11 is 0. The predicted octanol–water partition coefficient (Wildman–Crippen LogP) is 2.06. The standard InChI is InChI=1S/C15H12F4N2O5S/c16-10-5-1-3-8(12(10)17)15(7-22,14(18)19)9-4-2-6-11(27(20,25)26)13(9)21(23)24/h1-6,14,22H,7H2,(H2,20,25,26)/t15-/m0/s1. The summed E-state index contributed by atoms with van der Waals surface area (Å²) in [5.41, 5.74) is -6.58. The largest absolute Gasteiger partial charge is 0.395 e. The molecule has 2 aromatic rings. The number of para-hydroxylation sites is 1. The Labute approximate surface area is 150 Å². The van der Waals surface area contributed by atoms with Gasteiger partial charge in [-0.2, -0.15) is 0 Å². The molecule has 27 heavy (non-hydrogen) atoms. The van der Waals surface area contributed by atoms with Crippen molar-refractivity contribution in [3.8, 4) is 0 Å². The van der Waals surface area contributed by atoms with Crippen molar-refractivity contribution in [3.63, 3.8) is 0 Å². The van der Waals surface area contributed by atoms with E-state index in [1.54, 1.807) is 0 Å². The number of primary sulfonamides is 1. The fourth-order valence-electron chi connectivity index (χ4n) is 2.77. The van der Waals surface area contributed by atoms with Gasteiger partial charge in [0.05, 0.1) is 17.1 Å². The fraction of sp³-hybridized carbons (Fsp3) is 0.200. The van der Waals surface area contributed by atoms with E-state index in [0.29, 0.717) is 18.2 Å². The third-order valence-corrected chi connectivity index (χ3v) is 4.97. The van der Waals surface area contributed by atoms with Crippen LogP contribution in [0.2, 0.25) is 0 Å². The molecule has 2 aromatic carbocycles. The first-order chi connectivity index (χ1) is 12.5. The van der Waals surface area contributed by atoms with Crippen molar-refractivity contribution in [2.75, 3.05) is 6.61 Å². The molecule has 7 nitrogen and oxygen atoms in total. The highest BCUT2D eigenvalue weighted by molar-refractivity contribution is 7.89. The van der Waals surface area contributed by atoms with Crippen LogP contribution in [0.5, 0.6) is 0 Å². The molecule has 0 aliphatic rings. The molecule has 0 aliphatic heterocycles. The lowest BCUT2D eigenvalue weighted by Gasteiger charge is -2.32. The van der Waals surface area contributed by atoms with Gasteiger partial charge in [-0.3, -0.25) is 10.1 Å². The predicted molar refractivity (Wildman–Crippen MR) is 84.7 cm³/mol. The van der Waals surface area contributed by atoms with E-state index >= 15 is 0 Å². The van der Waals surface area contributed by atoms with Crippen LogP contribution in [0.1, 0.15) is 11.1 Å². The highest BCUT2D eigenvalue weighted by Crippen LogP contribution is 2.45. The lowest BCUT2D eigenvalue weighted by atomic mass is 9.74. The van der Waals surface area contributed by atoms with Crippen molar-refractivity contribution >= 4 is 15.7 Å². The first kappa shape index (κ1) is 20.7. The maximum absolute atomic E-state index is 14.3. The van der Waals surface area contributed by atoms with E-state index < -0.39 is 66.7 Å². The number of sulfonamides is 1. The Morgan fingerprint density at radius 1 is 1.15 bits per heavy atom. The van der Waals surface area contributed by atoms with Crippen LogP contribution in [0.15, 0.2) is 41.3 Å². The molecule has 1 atom stereocenters. The zero-order chi connectivity index (χ0) is 20.6. The van der Waals surface area contributed by atoms with Gasteiger partial charge in [0.2, 0.25) is 10.0 Å². The molecule has 0 unspecified atom stereocenters. The van der Waals surface area contributed by atoms with Crippen LogP contribution in [0.25, 0.3) is 0 Å². The SMILES string of the molecule is NS(=O)(=O)c1cccc([C@](CO)(c2cccc(F)c2F)C(F)F)c1[N+](=O)[O-]. The van der Waals surface area contributed by atoms with E-state index in [1.165, 1.54) is 0 Å². The zero-order valence-electron chi connectivity index (χ0n) is 13.3. The Morgan fingerprint density at radius 2 is 1.70 bits per heavy atom. The average Bonchev–Trinajstić information content (AvgIpc) is 2.58. The van der Waals surface area contributed by atoms with E-state index in [9.17, 15) is 41.2 Å². The number of rotatable bonds is 6. The Morgan fingerprint density at radius 3 is 2.19 bits per heavy atom. The molecule has 2 rings (SSSR count). The van der Waals surface area contributed by atoms with Gasteiger partial charge in [0.25, 0.3) is 12.1 Å². The summed E-state index contributed by atoms with van der Waals surface area (Å²) in [5, 5.41) is 26.0. The van der Waals surface area contributed by atoms with Crippen LogP contribution in [-0.2, 0) is 15.4 Å². The Bertz CT molecular complexity index is 1000. The highest BCUT2D eigenvalue weighted by Gasteiger charge is 2.50. The summed E-state index contributed by atoms with van der Waals surface area (Å²) in [7, 11) is -4.73. The summed E-state index contributed by atoms with van der Waals surface area (Å²) < 4.78 is 79.3. The summed E-state index contributed by atoms with van der Waals surface area (Å²) in [4.78, 5) is 9.05. The van der Waals surface area contributed by atoms with Crippen LogP contribution in [0, 0.1) is 21.7 Å². The molecule has 0 aliphatic carbocycles. The van der Waals surface area contributed by atoms with E-state index in [-0.39, 0.29) is 0 Å². The van der Waals surface area contributed by atoms with Crippen molar-refractivity contribution < 1.29 is 36.0 Å². The zero-order valence-corrected chi connectivity index (χ0v) is 14.1. The van der Waals surface area contributed by atoms with Gasteiger partial charge in [0, 0.05) is 5.56 Å². The van der Waals surface area contributed by atoms with E-state index in [0.717, 1.165) is 18.2 Å². The minimum atomic E-state index is -4.73. The van der Waals surface area contributed by atoms with E-state index in [1.807, 2.05) is 0 Å². The number of halogens is 4. The minimum Gasteiger partial charge on any atom is -0.395 e. The van der Waals surface area contributed by atoms with Gasteiger partial charge in [-0.1, -0.05) is 24.3 Å². The molecular weight excluding hydrogens is 396 g/mol. The maximum atomic E-state index is 14.3. The molecule has 0 aromatic heterocycles. The fourth-order valence-corrected chi connectivity index (χ4v) is 3.49. The average molecular weight is 408 g/mol. The van der Waals surface area contributed by atoms with E-state index in [4.69, 9.17) is 5.14 Å². The van der Waals surface area contributed by atoms with Crippen LogP contribution in [0.3, 0.4) is 0 Å². The van der Waals surface area contributed by atoms with Crippen LogP contribution >= 0.6 is 0 Å². The van der Waals surface area contributed by atoms with Gasteiger partial charge in [-0.15, -0.1) is 0 Å². The lowest BCUT2D eigenvalue weighted by Crippen LogP contribution is -2.41. The minimum absolute atomic E-state index is 0.627. The molecule has 0 amide bonds. The van der Waals surface area contributed by atoms with Crippen LogP contribution in [0.4, 0.5) is 23.2 Å². The van der Waals surface area contributed by atoms with Crippen molar-refractivity contribution in [1.29, 1.82) is 0 Å². The molecule has 3 N–H and O–H groups in total. The summed E-state index contributed by atoms with van der Waals surface area (Å²) in [6, 6.07) is 4.50. The second-order valence-corrected chi connectivity index (χ2v) is 7.02. The van der Waals surface area contributed by atoms with Crippen molar-refractivity contribution in [1.82, 2.24) is 0 Å². The number of hydrogen-bond donors (Lipinski definition) is 2. The summed E-state index contributed by atoms with van der Waals surface area (Å²) in [6.07, 6.45) is -3.67. The molecule has 0 spiro atoms.